The number of thioether (sulfide) groups is 1. The highest BCUT2D eigenvalue weighted by Gasteiger charge is 2.14. The summed E-state index contributed by atoms with van der Waals surface area (Å²) in [6.45, 7) is 4.79. The van der Waals surface area contributed by atoms with Crippen molar-refractivity contribution in [3.05, 3.63) is 18.0 Å². The lowest BCUT2D eigenvalue weighted by atomic mass is 10.0. The third kappa shape index (κ3) is 5.26. The first-order valence-electron chi connectivity index (χ1n) is 7.73. The van der Waals surface area contributed by atoms with Crippen molar-refractivity contribution >= 4 is 17.7 Å². The van der Waals surface area contributed by atoms with E-state index in [1.54, 1.807) is 0 Å². The number of rotatable bonds is 5. The van der Waals surface area contributed by atoms with Gasteiger partial charge in [-0.05, 0) is 37.2 Å². The molecule has 0 aromatic carbocycles. The molecule has 1 aliphatic heterocycles. The van der Waals surface area contributed by atoms with E-state index in [-0.39, 0.29) is 0 Å². The Morgan fingerprint density at radius 2 is 2.29 bits per heavy atom. The molecule has 1 fully saturated rings. The minimum absolute atomic E-state index is 0.756. The maximum atomic E-state index is 4.84. The van der Waals surface area contributed by atoms with Crippen molar-refractivity contribution < 1.29 is 0 Å². The maximum absolute atomic E-state index is 4.84. The van der Waals surface area contributed by atoms with Gasteiger partial charge in [0, 0.05) is 45.5 Å². The number of hydrogen-bond acceptors (Lipinski definition) is 3. The highest BCUT2D eigenvalue weighted by molar-refractivity contribution is 7.99. The van der Waals surface area contributed by atoms with E-state index in [1.807, 2.05) is 17.9 Å². The van der Waals surface area contributed by atoms with Crippen LogP contribution in [0.2, 0.25) is 0 Å². The summed E-state index contributed by atoms with van der Waals surface area (Å²) < 4.78 is 1.84. The van der Waals surface area contributed by atoms with Crippen LogP contribution in [0.15, 0.2) is 17.4 Å². The predicted octanol–water partition coefficient (Wildman–Crippen LogP) is 1.96. The second-order valence-electron chi connectivity index (χ2n) is 5.63. The van der Waals surface area contributed by atoms with Crippen LogP contribution in [-0.4, -0.2) is 52.3 Å². The van der Waals surface area contributed by atoms with E-state index in [0.717, 1.165) is 31.5 Å². The summed E-state index contributed by atoms with van der Waals surface area (Å²) in [6, 6.07) is 0. The highest BCUT2D eigenvalue weighted by atomic mass is 32.2. The molecular formula is C15H27N5S. The lowest BCUT2D eigenvalue weighted by molar-refractivity contribution is 0.461. The Hall–Kier alpha value is -1.17. The van der Waals surface area contributed by atoms with Gasteiger partial charge in [-0.25, -0.2) is 0 Å². The van der Waals surface area contributed by atoms with Crippen molar-refractivity contribution in [2.75, 3.05) is 31.6 Å². The van der Waals surface area contributed by atoms with Crippen LogP contribution in [0.1, 0.15) is 25.3 Å². The molecule has 1 aromatic rings. The van der Waals surface area contributed by atoms with E-state index in [0.29, 0.717) is 0 Å². The van der Waals surface area contributed by atoms with Crippen molar-refractivity contribution in [1.82, 2.24) is 20.0 Å². The van der Waals surface area contributed by atoms with Crippen LogP contribution in [0.4, 0.5) is 0 Å². The van der Waals surface area contributed by atoms with E-state index in [9.17, 15) is 0 Å². The number of guanidine groups is 1. The molecule has 21 heavy (non-hydrogen) atoms. The van der Waals surface area contributed by atoms with Crippen LogP contribution in [0.5, 0.6) is 0 Å². The van der Waals surface area contributed by atoms with Gasteiger partial charge in [0.1, 0.15) is 0 Å². The Morgan fingerprint density at radius 3 is 2.90 bits per heavy atom. The number of nitrogens with one attached hydrogen (secondary N) is 1. The monoisotopic (exact) mass is 309 g/mol. The van der Waals surface area contributed by atoms with E-state index in [4.69, 9.17) is 4.99 Å². The van der Waals surface area contributed by atoms with Gasteiger partial charge in [0.2, 0.25) is 0 Å². The molecule has 0 radical (unpaired) electrons. The van der Waals surface area contributed by atoms with Crippen LogP contribution >= 0.6 is 11.8 Å². The van der Waals surface area contributed by atoms with Crippen molar-refractivity contribution in [2.45, 2.75) is 26.3 Å². The van der Waals surface area contributed by atoms with E-state index in [2.05, 4.69) is 47.2 Å². The van der Waals surface area contributed by atoms with Crippen molar-refractivity contribution in [3.8, 4) is 0 Å². The normalized spacial score (nSPS) is 17.0. The third-order valence-corrected chi connectivity index (χ3v) is 4.76. The van der Waals surface area contributed by atoms with Crippen molar-refractivity contribution in [1.29, 1.82) is 0 Å². The smallest absolute Gasteiger partial charge is 0.193 e. The summed E-state index contributed by atoms with van der Waals surface area (Å²) in [6.07, 6.45) is 6.58. The van der Waals surface area contributed by atoms with Gasteiger partial charge < -0.3 is 10.2 Å². The van der Waals surface area contributed by atoms with Gasteiger partial charge in [-0.15, -0.1) is 0 Å². The number of nitrogens with zero attached hydrogens (tertiary/aromatic N) is 4. The lowest BCUT2D eigenvalue weighted by Gasteiger charge is -2.24. The summed E-state index contributed by atoms with van der Waals surface area (Å²) in [5.74, 6) is 4.34. The number of aryl methyl sites for hydroxylation is 1. The van der Waals surface area contributed by atoms with E-state index >= 15 is 0 Å². The number of aromatic nitrogens is 2. The van der Waals surface area contributed by atoms with Crippen molar-refractivity contribution in [2.24, 2.45) is 18.0 Å². The maximum Gasteiger partial charge on any atom is 0.193 e. The molecule has 2 heterocycles. The van der Waals surface area contributed by atoms with Gasteiger partial charge in [-0.1, -0.05) is 0 Å². The second kappa shape index (κ2) is 8.32. The fraction of sp³-hybridized carbons (Fsp3) is 0.733. The van der Waals surface area contributed by atoms with Crippen molar-refractivity contribution in [3.63, 3.8) is 0 Å². The molecule has 2 rings (SSSR count). The Labute approximate surface area is 132 Å². The van der Waals surface area contributed by atoms with Crippen LogP contribution in [-0.2, 0) is 13.6 Å². The zero-order valence-electron chi connectivity index (χ0n) is 13.4. The fourth-order valence-electron chi connectivity index (χ4n) is 2.52. The first-order chi connectivity index (χ1) is 10.2. The third-order valence-electron chi connectivity index (χ3n) is 3.71. The molecule has 0 amide bonds. The zero-order valence-corrected chi connectivity index (χ0v) is 14.2. The highest BCUT2D eigenvalue weighted by Crippen LogP contribution is 2.22. The van der Waals surface area contributed by atoms with E-state index in [1.165, 1.54) is 29.9 Å². The van der Waals surface area contributed by atoms with Gasteiger partial charge in [-0.2, -0.15) is 16.9 Å². The van der Waals surface area contributed by atoms with Crippen LogP contribution in [0.25, 0.3) is 0 Å². The summed E-state index contributed by atoms with van der Waals surface area (Å²) in [5.41, 5.74) is 1.21. The Kier molecular flexibility index (Phi) is 6.42. The average Bonchev–Trinajstić information content (AvgIpc) is 2.89. The summed E-state index contributed by atoms with van der Waals surface area (Å²) >= 11 is 2.07. The molecule has 118 valence electrons. The average molecular weight is 309 g/mol. The Balaban J connectivity index is 1.92. The molecule has 0 unspecified atom stereocenters. The molecule has 0 spiro atoms. The summed E-state index contributed by atoms with van der Waals surface area (Å²) in [5, 5.41) is 7.61. The molecule has 5 nitrogen and oxygen atoms in total. The molecule has 1 saturated heterocycles. The zero-order chi connectivity index (χ0) is 15.1. The van der Waals surface area contributed by atoms with Gasteiger partial charge in [0.05, 0.1) is 6.20 Å². The number of aliphatic imine (C=N–C) groups is 1. The quantitative estimate of drug-likeness (QED) is 0.667. The molecule has 0 aliphatic carbocycles. The van der Waals surface area contributed by atoms with Gasteiger partial charge in [-0.3, -0.25) is 9.67 Å². The Morgan fingerprint density at radius 1 is 1.52 bits per heavy atom. The molecular weight excluding hydrogens is 282 g/mol. The van der Waals surface area contributed by atoms with Gasteiger partial charge in [0.15, 0.2) is 5.96 Å². The standard InChI is InChI=1S/C15H27N5S/c1-4-16-15(17-9-13-5-7-21-8-6-13)19(2)11-14-10-18-20(3)12-14/h10,12-13H,4-9,11H2,1-3H3,(H,16,17). The first-order valence-corrected chi connectivity index (χ1v) is 8.89. The topological polar surface area (TPSA) is 45.5 Å². The second-order valence-corrected chi connectivity index (χ2v) is 6.85. The first kappa shape index (κ1) is 16.2. The minimum atomic E-state index is 0.756. The minimum Gasteiger partial charge on any atom is -0.357 e. The molecule has 0 bridgehead atoms. The SMILES string of the molecule is CCNC(=NCC1CCSCC1)N(C)Cc1cnn(C)c1. The molecule has 1 N–H and O–H groups in total. The molecule has 1 aliphatic rings. The van der Waals surface area contributed by atoms with Crippen LogP contribution in [0.3, 0.4) is 0 Å². The number of hydrogen-bond donors (Lipinski definition) is 1. The largest absolute Gasteiger partial charge is 0.357 e. The fourth-order valence-corrected chi connectivity index (χ4v) is 3.72. The van der Waals surface area contributed by atoms with E-state index < -0.39 is 0 Å². The van der Waals surface area contributed by atoms with Crippen LogP contribution in [0, 0.1) is 5.92 Å². The molecule has 0 atom stereocenters. The predicted molar refractivity (Wildman–Crippen MR) is 90.7 cm³/mol. The molecule has 6 heteroatoms. The summed E-state index contributed by atoms with van der Waals surface area (Å²) in [4.78, 5) is 7.01. The van der Waals surface area contributed by atoms with Gasteiger partial charge >= 0.3 is 0 Å². The lowest BCUT2D eigenvalue weighted by Crippen LogP contribution is -2.38. The summed E-state index contributed by atoms with van der Waals surface area (Å²) in [7, 11) is 4.04. The van der Waals surface area contributed by atoms with Crippen LogP contribution < -0.4 is 5.32 Å². The van der Waals surface area contributed by atoms with Gasteiger partial charge in [0.25, 0.3) is 0 Å². The molecule has 1 aromatic heterocycles. The molecule has 0 saturated carbocycles. The Bertz CT molecular complexity index is 451.